The Morgan fingerprint density at radius 1 is 1.10 bits per heavy atom. The molecule has 0 bridgehead atoms. The molecule has 0 saturated heterocycles. The smallest absolute Gasteiger partial charge is 0.412 e. The van der Waals surface area contributed by atoms with Crippen LogP contribution in [0.5, 0.6) is 0 Å². The van der Waals surface area contributed by atoms with E-state index in [0.29, 0.717) is 36.5 Å². The first-order valence-electron chi connectivity index (χ1n) is 10.3. The van der Waals surface area contributed by atoms with E-state index >= 15 is 0 Å². The second-order valence-corrected chi connectivity index (χ2v) is 9.19. The fourth-order valence-electron chi connectivity index (χ4n) is 2.52. The lowest BCUT2D eigenvalue weighted by Crippen LogP contribution is -2.38. The van der Waals surface area contributed by atoms with Crippen molar-refractivity contribution in [1.29, 1.82) is 0 Å². The Morgan fingerprint density at radius 3 is 2.32 bits per heavy atom. The maximum Gasteiger partial charge on any atom is 0.412 e. The normalized spacial score (nSPS) is 12.4. The molecule has 0 aliphatic carbocycles. The minimum atomic E-state index is -0.527. The molecule has 0 aliphatic rings. The van der Waals surface area contributed by atoms with E-state index in [1.54, 1.807) is 7.05 Å². The van der Waals surface area contributed by atoms with Crippen molar-refractivity contribution in [3.63, 3.8) is 0 Å². The van der Waals surface area contributed by atoms with E-state index in [1.165, 1.54) is 0 Å². The Hall–Kier alpha value is -3.10. The summed E-state index contributed by atoms with van der Waals surface area (Å²) in [6.07, 6.45) is 0.331. The van der Waals surface area contributed by atoms with E-state index in [2.05, 4.69) is 31.1 Å². The number of anilines is 1. The highest BCUT2D eigenvalue weighted by atomic mass is 16.6. The standard InChI is InChI=1S/C22H34N6O3/c1-21(2,3)18-27-17(28-31-18)14-25-19(23-7)24-13-12-15-8-10-16(11-9-15)26-20(29)30-22(4,5)6/h8-11H,12-14H2,1-7H3,(H,26,29)(H2,23,24,25). The number of aliphatic imine (C=N–C) groups is 1. The van der Waals surface area contributed by atoms with Crippen molar-refractivity contribution in [3.8, 4) is 0 Å². The number of aromatic nitrogens is 2. The molecule has 0 saturated carbocycles. The van der Waals surface area contributed by atoms with Crippen LogP contribution in [0, 0.1) is 0 Å². The van der Waals surface area contributed by atoms with Crippen molar-refractivity contribution in [3.05, 3.63) is 41.5 Å². The molecule has 9 heteroatoms. The van der Waals surface area contributed by atoms with Crippen LogP contribution in [0.3, 0.4) is 0 Å². The van der Waals surface area contributed by atoms with Crippen molar-refractivity contribution in [2.24, 2.45) is 4.99 Å². The molecular weight excluding hydrogens is 396 g/mol. The highest BCUT2D eigenvalue weighted by Gasteiger charge is 2.21. The first-order valence-corrected chi connectivity index (χ1v) is 10.3. The summed E-state index contributed by atoms with van der Waals surface area (Å²) in [6, 6.07) is 7.65. The van der Waals surface area contributed by atoms with Gasteiger partial charge in [0, 0.05) is 24.7 Å². The predicted octanol–water partition coefficient (Wildman–Crippen LogP) is 3.62. The van der Waals surface area contributed by atoms with E-state index in [9.17, 15) is 4.79 Å². The summed E-state index contributed by atoms with van der Waals surface area (Å²) in [6.45, 7) is 12.7. The largest absolute Gasteiger partial charge is 0.444 e. The number of amides is 1. The zero-order valence-electron chi connectivity index (χ0n) is 19.5. The van der Waals surface area contributed by atoms with Crippen LogP contribution in [0.25, 0.3) is 0 Å². The summed E-state index contributed by atoms with van der Waals surface area (Å²) < 4.78 is 10.5. The van der Waals surface area contributed by atoms with Gasteiger partial charge in [-0.25, -0.2) is 4.79 Å². The van der Waals surface area contributed by atoms with Crippen molar-refractivity contribution in [2.45, 2.75) is 65.5 Å². The minimum absolute atomic E-state index is 0.177. The molecule has 0 atom stereocenters. The van der Waals surface area contributed by atoms with Crippen LogP contribution in [0.1, 0.15) is 58.8 Å². The number of hydrogen-bond acceptors (Lipinski definition) is 6. The molecule has 9 nitrogen and oxygen atoms in total. The fraction of sp³-hybridized carbons (Fsp3) is 0.545. The molecule has 1 aromatic carbocycles. The number of hydrogen-bond donors (Lipinski definition) is 3. The van der Waals surface area contributed by atoms with E-state index in [-0.39, 0.29) is 5.41 Å². The van der Waals surface area contributed by atoms with E-state index < -0.39 is 11.7 Å². The zero-order valence-corrected chi connectivity index (χ0v) is 19.5. The molecule has 0 spiro atoms. The minimum Gasteiger partial charge on any atom is -0.444 e. The third-order valence-corrected chi connectivity index (χ3v) is 4.05. The monoisotopic (exact) mass is 430 g/mol. The summed E-state index contributed by atoms with van der Waals surface area (Å²) in [5.74, 6) is 1.85. The number of carbonyl (C=O) groups excluding carboxylic acids is 1. The van der Waals surface area contributed by atoms with Gasteiger partial charge in [-0.3, -0.25) is 10.3 Å². The van der Waals surface area contributed by atoms with Gasteiger partial charge in [-0.2, -0.15) is 4.98 Å². The van der Waals surface area contributed by atoms with Crippen molar-refractivity contribution in [1.82, 2.24) is 20.8 Å². The molecule has 1 amide bonds. The zero-order chi connectivity index (χ0) is 23.1. The molecule has 170 valence electrons. The number of rotatable bonds is 6. The molecule has 2 aromatic rings. The van der Waals surface area contributed by atoms with Gasteiger partial charge in [0.15, 0.2) is 11.8 Å². The first kappa shape index (κ1) is 24.2. The second kappa shape index (κ2) is 10.3. The molecule has 1 aromatic heterocycles. The fourth-order valence-corrected chi connectivity index (χ4v) is 2.52. The molecule has 0 fully saturated rings. The Morgan fingerprint density at radius 2 is 1.77 bits per heavy atom. The Kier molecular flexibility index (Phi) is 8.01. The summed E-state index contributed by atoms with van der Waals surface area (Å²) >= 11 is 0. The van der Waals surface area contributed by atoms with Crippen LogP contribution in [0.15, 0.2) is 33.8 Å². The Labute approximate surface area is 184 Å². The Bertz CT molecular complexity index is 876. The van der Waals surface area contributed by atoms with E-state index in [0.717, 1.165) is 12.0 Å². The summed E-state index contributed by atoms with van der Waals surface area (Å²) in [7, 11) is 1.71. The topological polar surface area (TPSA) is 114 Å². The molecule has 1 heterocycles. The lowest BCUT2D eigenvalue weighted by Gasteiger charge is -2.19. The highest BCUT2D eigenvalue weighted by molar-refractivity contribution is 5.84. The van der Waals surface area contributed by atoms with Crippen molar-refractivity contribution >= 4 is 17.7 Å². The van der Waals surface area contributed by atoms with Crippen LogP contribution in [0.4, 0.5) is 10.5 Å². The predicted molar refractivity (Wildman–Crippen MR) is 121 cm³/mol. The number of carbonyl (C=O) groups is 1. The summed E-state index contributed by atoms with van der Waals surface area (Å²) in [5, 5.41) is 13.2. The van der Waals surface area contributed by atoms with Gasteiger partial charge in [-0.05, 0) is 44.9 Å². The number of nitrogens with zero attached hydrogens (tertiary/aromatic N) is 3. The summed E-state index contributed by atoms with van der Waals surface area (Å²) in [5.41, 5.74) is 1.12. The third kappa shape index (κ3) is 8.65. The highest BCUT2D eigenvalue weighted by Crippen LogP contribution is 2.19. The lowest BCUT2D eigenvalue weighted by atomic mass is 9.97. The molecule has 0 aliphatic heterocycles. The van der Waals surface area contributed by atoms with E-state index in [4.69, 9.17) is 9.26 Å². The first-order chi connectivity index (χ1) is 14.5. The molecule has 2 rings (SSSR count). The third-order valence-electron chi connectivity index (χ3n) is 4.05. The van der Waals surface area contributed by atoms with Gasteiger partial charge in [0.05, 0.1) is 6.54 Å². The van der Waals surface area contributed by atoms with E-state index in [1.807, 2.05) is 65.8 Å². The molecular formula is C22H34N6O3. The number of guanidine groups is 1. The van der Waals surface area contributed by atoms with Crippen LogP contribution < -0.4 is 16.0 Å². The van der Waals surface area contributed by atoms with Gasteiger partial charge in [0.2, 0.25) is 5.89 Å². The van der Waals surface area contributed by atoms with Crippen LogP contribution in [-0.2, 0) is 23.1 Å². The van der Waals surface area contributed by atoms with Crippen molar-refractivity contribution < 1.29 is 14.1 Å². The second-order valence-electron chi connectivity index (χ2n) is 9.19. The average Bonchev–Trinajstić information content (AvgIpc) is 3.14. The van der Waals surface area contributed by atoms with Gasteiger partial charge in [-0.1, -0.05) is 38.1 Å². The number of nitrogens with one attached hydrogen (secondary N) is 3. The van der Waals surface area contributed by atoms with Gasteiger partial charge in [-0.15, -0.1) is 0 Å². The number of ether oxygens (including phenoxy) is 1. The maximum absolute atomic E-state index is 11.8. The van der Waals surface area contributed by atoms with Crippen LogP contribution >= 0.6 is 0 Å². The molecule has 31 heavy (non-hydrogen) atoms. The van der Waals surface area contributed by atoms with Crippen LogP contribution in [-0.4, -0.2) is 41.4 Å². The Balaban J connectivity index is 1.76. The lowest BCUT2D eigenvalue weighted by molar-refractivity contribution is 0.0636. The summed E-state index contributed by atoms with van der Waals surface area (Å²) in [4.78, 5) is 20.4. The van der Waals surface area contributed by atoms with Crippen LogP contribution in [0.2, 0.25) is 0 Å². The molecule has 3 N–H and O–H groups in total. The quantitative estimate of drug-likeness (QED) is 0.474. The van der Waals surface area contributed by atoms with Crippen molar-refractivity contribution in [2.75, 3.05) is 18.9 Å². The van der Waals surface area contributed by atoms with Gasteiger partial charge < -0.3 is 19.9 Å². The average molecular weight is 431 g/mol. The SMILES string of the molecule is CN=C(NCCc1ccc(NC(=O)OC(C)(C)C)cc1)NCc1noc(C(C)(C)C)n1. The molecule has 0 unspecified atom stereocenters. The number of benzene rings is 1. The van der Waals surface area contributed by atoms with Gasteiger partial charge in [0.1, 0.15) is 5.60 Å². The molecule has 0 radical (unpaired) electrons. The maximum atomic E-state index is 11.8. The van der Waals surface area contributed by atoms with Gasteiger partial charge in [0.25, 0.3) is 0 Å². The van der Waals surface area contributed by atoms with Gasteiger partial charge >= 0.3 is 6.09 Å².